The number of azide groups is 1. The van der Waals surface area contributed by atoms with Crippen molar-refractivity contribution in [3.63, 3.8) is 0 Å². The summed E-state index contributed by atoms with van der Waals surface area (Å²) in [6.07, 6.45) is -0.839. The highest BCUT2D eigenvalue weighted by molar-refractivity contribution is 5.98. The number of benzene rings is 2. The number of aryl methyl sites for hydroxylation is 1. The van der Waals surface area contributed by atoms with E-state index in [0.717, 1.165) is 11.1 Å². The molecule has 1 fully saturated rings. The number of nitrogens with one attached hydrogen (secondary N) is 2. The summed E-state index contributed by atoms with van der Waals surface area (Å²) in [5.41, 5.74) is 11.4. The highest BCUT2D eigenvalue weighted by Crippen LogP contribution is 2.29. The molecule has 2 N–H and O–H groups in total. The van der Waals surface area contributed by atoms with E-state index in [2.05, 4.69) is 20.7 Å². The SMILES string of the molecule is [N-]=[N+]=NCC1CN(c2ccc3c(c2)CC[C@@H](NC(=O)OCc2ccccc2)C(=O)N3)C(=O)O1. The number of alkyl carbamates (subject to hydrolysis) is 1. The molecule has 2 heterocycles. The zero-order valence-electron chi connectivity index (χ0n) is 17.6. The summed E-state index contributed by atoms with van der Waals surface area (Å²) < 4.78 is 10.4. The second-order valence-electron chi connectivity index (χ2n) is 7.66. The van der Waals surface area contributed by atoms with E-state index in [-0.39, 0.29) is 25.6 Å². The first-order valence-corrected chi connectivity index (χ1v) is 10.4. The number of hydrogen-bond acceptors (Lipinski definition) is 6. The van der Waals surface area contributed by atoms with Crippen LogP contribution in [0.2, 0.25) is 0 Å². The van der Waals surface area contributed by atoms with Gasteiger partial charge < -0.3 is 20.1 Å². The van der Waals surface area contributed by atoms with E-state index in [1.807, 2.05) is 36.4 Å². The van der Waals surface area contributed by atoms with Crippen LogP contribution in [0.1, 0.15) is 17.5 Å². The Balaban J connectivity index is 1.37. The van der Waals surface area contributed by atoms with Gasteiger partial charge in [0.05, 0.1) is 13.1 Å². The van der Waals surface area contributed by atoms with Gasteiger partial charge in [0.25, 0.3) is 0 Å². The van der Waals surface area contributed by atoms with Crippen LogP contribution in [-0.2, 0) is 27.3 Å². The molecule has 11 nitrogen and oxygen atoms in total. The molecule has 0 saturated carbocycles. The normalized spacial score (nSPS) is 19.5. The summed E-state index contributed by atoms with van der Waals surface area (Å²) >= 11 is 0. The van der Waals surface area contributed by atoms with E-state index in [4.69, 9.17) is 15.0 Å². The average molecular weight is 450 g/mol. The first kappa shape index (κ1) is 22.0. The number of hydrogen-bond donors (Lipinski definition) is 2. The summed E-state index contributed by atoms with van der Waals surface area (Å²) in [5, 5.41) is 8.89. The third-order valence-corrected chi connectivity index (χ3v) is 5.40. The number of carbonyl (C=O) groups is 3. The van der Waals surface area contributed by atoms with Crippen molar-refractivity contribution in [2.24, 2.45) is 5.11 Å². The van der Waals surface area contributed by atoms with Gasteiger partial charge in [0.15, 0.2) is 0 Å². The quantitative estimate of drug-likeness (QED) is 0.393. The van der Waals surface area contributed by atoms with Gasteiger partial charge in [0.2, 0.25) is 5.91 Å². The minimum atomic E-state index is -0.755. The van der Waals surface area contributed by atoms with Crippen LogP contribution in [0.3, 0.4) is 0 Å². The minimum absolute atomic E-state index is 0.0630. The largest absolute Gasteiger partial charge is 0.445 e. The lowest BCUT2D eigenvalue weighted by Crippen LogP contribution is -2.43. The van der Waals surface area contributed by atoms with Gasteiger partial charge in [-0.1, -0.05) is 35.4 Å². The third-order valence-electron chi connectivity index (χ3n) is 5.40. The van der Waals surface area contributed by atoms with Crippen LogP contribution in [0.4, 0.5) is 21.0 Å². The van der Waals surface area contributed by atoms with Gasteiger partial charge in [-0.2, -0.15) is 0 Å². The topological polar surface area (TPSA) is 146 Å². The molecule has 1 unspecified atom stereocenters. The molecule has 2 aromatic rings. The lowest BCUT2D eigenvalue weighted by Gasteiger charge is -2.16. The van der Waals surface area contributed by atoms with Gasteiger partial charge in [-0.25, -0.2) is 9.59 Å². The molecule has 1 saturated heterocycles. The van der Waals surface area contributed by atoms with Crippen molar-refractivity contribution in [2.45, 2.75) is 31.6 Å². The van der Waals surface area contributed by atoms with Crippen molar-refractivity contribution in [3.05, 3.63) is 70.1 Å². The van der Waals surface area contributed by atoms with E-state index in [9.17, 15) is 14.4 Å². The lowest BCUT2D eigenvalue weighted by atomic mass is 10.0. The molecule has 0 bridgehead atoms. The number of nitrogens with zero attached hydrogens (tertiary/aromatic N) is 4. The van der Waals surface area contributed by atoms with E-state index in [0.29, 0.717) is 24.2 Å². The fourth-order valence-electron chi connectivity index (χ4n) is 3.73. The Kier molecular flexibility index (Phi) is 6.61. The van der Waals surface area contributed by atoms with Crippen LogP contribution in [-0.4, -0.2) is 43.3 Å². The average Bonchev–Trinajstić information content (AvgIpc) is 3.12. The molecule has 0 spiro atoms. The number of amides is 3. The van der Waals surface area contributed by atoms with Gasteiger partial charge in [0, 0.05) is 16.3 Å². The van der Waals surface area contributed by atoms with Gasteiger partial charge in [-0.3, -0.25) is 9.69 Å². The number of fused-ring (bicyclic) bond motifs is 1. The summed E-state index contributed by atoms with van der Waals surface area (Å²) in [5.74, 6) is -0.340. The second-order valence-corrected chi connectivity index (χ2v) is 7.66. The van der Waals surface area contributed by atoms with Gasteiger partial charge in [0.1, 0.15) is 18.8 Å². The monoisotopic (exact) mass is 450 g/mol. The standard InChI is InChI=1S/C22H22N6O5/c23-27-24-11-17-12-28(22(31)33-17)16-7-9-18-15(10-16)6-8-19(20(29)25-18)26-21(30)32-13-14-4-2-1-3-5-14/h1-5,7,9-10,17,19H,6,8,11-13H2,(H,25,29)(H,26,30)/t17?,19-/m1/s1. The Hall–Kier alpha value is -4.24. The number of ether oxygens (including phenoxy) is 2. The van der Waals surface area contributed by atoms with E-state index >= 15 is 0 Å². The van der Waals surface area contributed by atoms with Crippen LogP contribution in [0.5, 0.6) is 0 Å². The van der Waals surface area contributed by atoms with Gasteiger partial charge >= 0.3 is 12.2 Å². The maximum Gasteiger partial charge on any atom is 0.414 e. The number of rotatable bonds is 6. The van der Waals surface area contributed by atoms with E-state index in [1.165, 1.54) is 4.90 Å². The number of anilines is 2. The van der Waals surface area contributed by atoms with Gasteiger partial charge in [-0.05, 0) is 47.7 Å². The van der Waals surface area contributed by atoms with Crippen LogP contribution in [0, 0.1) is 0 Å². The molecule has 2 aliphatic rings. The molecule has 2 aliphatic heterocycles. The van der Waals surface area contributed by atoms with Crippen molar-refractivity contribution >= 4 is 29.5 Å². The highest BCUT2D eigenvalue weighted by atomic mass is 16.6. The summed E-state index contributed by atoms with van der Waals surface area (Å²) in [6.45, 7) is 0.436. The fourth-order valence-corrected chi connectivity index (χ4v) is 3.73. The Morgan fingerprint density at radius 3 is 2.88 bits per heavy atom. The van der Waals surface area contributed by atoms with Crippen molar-refractivity contribution in [2.75, 3.05) is 23.3 Å². The lowest BCUT2D eigenvalue weighted by molar-refractivity contribution is -0.118. The van der Waals surface area contributed by atoms with Crippen molar-refractivity contribution in [3.8, 4) is 0 Å². The van der Waals surface area contributed by atoms with E-state index < -0.39 is 24.3 Å². The van der Waals surface area contributed by atoms with Crippen molar-refractivity contribution in [1.82, 2.24) is 5.32 Å². The second kappa shape index (κ2) is 9.92. The molecular weight excluding hydrogens is 428 g/mol. The molecule has 11 heteroatoms. The predicted octanol–water partition coefficient (Wildman–Crippen LogP) is 3.50. The maximum atomic E-state index is 12.6. The van der Waals surface area contributed by atoms with Gasteiger partial charge in [-0.15, -0.1) is 0 Å². The molecule has 33 heavy (non-hydrogen) atoms. The molecule has 4 rings (SSSR count). The van der Waals surface area contributed by atoms with Crippen LogP contribution < -0.4 is 15.5 Å². The Morgan fingerprint density at radius 2 is 2.09 bits per heavy atom. The summed E-state index contributed by atoms with van der Waals surface area (Å²) in [6, 6.07) is 13.7. The molecular formula is C22H22N6O5. The summed E-state index contributed by atoms with van der Waals surface area (Å²) in [4.78, 5) is 41.2. The van der Waals surface area contributed by atoms with Crippen molar-refractivity contribution < 1.29 is 23.9 Å². The first-order chi connectivity index (χ1) is 16.0. The summed E-state index contributed by atoms with van der Waals surface area (Å²) in [7, 11) is 0. The van der Waals surface area contributed by atoms with Crippen molar-refractivity contribution in [1.29, 1.82) is 0 Å². The molecule has 2 aromatic carbocycles. The molecule has 170 valence electrons. The Bertz CT molecular complexity index is 1100. The van der Waals surface area contributed by atoms with Crippen LogP contribution >= 0.6 is 0 Å². The molecule has 0 radical (unpaired) electrons. The smallest absolute Gasteiger partial charge is 0.414 e. The van der Waals surface area contributed by atoms with E-state index in [1.54, 1.807) is 12.1 Å². The molecule has 2 atom stereocenters. The first-order valence-electron chi connectivity index (χ1n) is 10.4. The van der Waals surface area contributed by atoms with Crippen LogP contribution in [0.15, 0.2) is 53.6 Å². The molecule has 3 amide bonds. The molecule has 0 aromatic heterocycles. The van der Waals surface area contributed by atoms with Crippen LogP contribution in [0.25, 0.3) is 10.4 Å². The zero-order valence-corrected chi connectivity index (χ0v) is 17.6. The maximum absolute atomic E-state index is 12.6. The Labute approximate surface area is 189 Å². The Morgan fingerprint density at radius 1 is 1.27 bits per heavy atom. The molecule has 0 aliphatic carbocycles. The zero-order chi connectivity index (χ0) is 23.2. The number of cyclic esters (lactones) is 1. The number of carbonyl (C=O) groups excluding carboxylic acids is 3. The fraction of sp³-hybridized carbons (Fsp3) is 0.318. The predicted molar refractivity (Wildman–Crippen MR) is 119 cm³/mol. The highest BCUT2D eigenvalue weighted by Gasteiger charge is 2.33. The minimum Gasteiger partial charge on any atom is -0.445 e. The third kappa shape index (κ3) is 5.34.